The lowest BCUT2D eigenvalue weighted by atomic mass is 9.59. The van der Waals surface area contributed by atoms with Gasteiger partial charge < -0.3 is 0 Å². The Morgan fingerprint density at radius 3 is 2.21 bits per heavy atom. The SMILES string of the molecule is CC1(C)c2ccc3c(nc(-c4ccccc4)c4[n+]3CCc3ccccc3-4)c2C(C)(C)C1(C)C. The fourth-order valence-electron chi connectivity index (χ4n) is 6.41. The molecule has 0 saturated heterocycles. The van der Waals surface area contributed by atoms with Crippen molar-refractivity contribution in [1.82, 2.24) is 4.98 Å². The first-order valence-electron chi connectivity index (χ1n) is 12.2. The van der Waals surface area contributed by atoms with Gasteiger partial charge >= 0.3 is 0 Å². The van der Waals surface area contributed by atoms with Crippen molar-refractivity contribution >= 4 is 11.0 Å². The summed E-state index contributed by atoms with van der Waals surface area (Å²) < 4.78 is 2.54. The summed E-state index contributed by atoms with van der Waals surface area (Å²) in [4.78, 5) is 5.54. The Hall–Kier alpha value is -3.00. The molecule has 0 fully saturated rings. The first-order valence-corrected chi connectivity index (χ1v) is 12.2. The molecule has 0 N–H and O–H groups in total. The molecule has 0 bridgehead atoms. The summed E-state index contributed by atoms with van der Waals surface area (Å²) in [6.45, 7) is 15.5. The van der Waals surface area contributed by atoms with Gasteiger partial charge in [-0.15, -0.1) is 0 Å². The molecule has 1 aromatic heterocycles. The molecule has 6 rings (SSSR count). The highest BCUT2D eigenvalue weighted by Crippen LogP contribution is 2.62. The van der Waals surface area contributed by atoms with Crippen LogP contribution < -0.4 is 4.57 Å². The molecule has 0 amide bonds. The van der Waals surface area contributed by atoms with Crippen molar-refractivity contribution in [3.05, 3.63) is 83.4 Å². The summed E-state index contributed by atoms with van der Waals surface area (Å²) in [7, 11) is 0. The lowest BCUT2D eigenvalue weighted by Crippen LogP contribution is -2.43. The van der Waals surface area contributed by atoms with Crippen molar-refractivity contribution < 1.29 is 4.57 Å². The lowest BCUT2D eigenvalue weighted by molar-refractivity contribution is -0.661. The molecule has 0 unspecified atom stereocenters. The van der Waals surface area contributed by atoms with E-state index in [0.717, 1.165) is 18.7 Å². The molecule has 0 atom stereocenters. The summed E-state index contributed by atoms with van der Waals surface area (Å²) in [5, 5.41) is 0. The molecule has 2 heterocycles. The standard InChI is InChI=1S/C31H33N2/c1-29(2)23-16-17-24-27(25(23)30(3,4)31(29,5)6)32-26(21-13-8-7-9-14-21)28-22-15-11-10-12-20(22)18-19-33(24)28/h7-17H,18-19H2,1-6H3/q+1. The molecule has 3 aromatic carbocycles. The Labute approximate surface area is 197 Å². The second-order valence-electron chi connectivity index (χ2n) is 11.5. The molecule has 0 radical (unpaired) electrons. The monoisotopic (exact) mass is 433 g/mol. The van der Waals surface area contributed by atoms with Crippen LogP contribution in [0.1, 0.15) is 58.2 Å². The second-order valence-corrected chi connectivity index (χ2v) is 11.5. The minimum atomic E-state index is 0.00761. The summed E-state index contributed by atoms with van der Waals surface area (Å²) in [6, 6.07) is 24.3. The van der Waals surface area contributed by atoms with E-state index < -0.39 is 0 Å². The van der Waals surface area contributed by atoms with E-state index in [0.29, 0.717) is 0 Å². The van der Waals surface area contributed by atoms with E-state index in [1.165, 1.54) is 44.5 Å². The zero-order chi connectivity index (χ0) is 23.2. The molecule has 4 aromatic rings. The molecular weight excluding hydrogens is 400 g/mol. The van der Waals surface area contributed by atoms with Gasteiger partial charge in [0, 0.05) is 18.1 Å². The number of rotatable bonds is 1. The molecule has 2 aliphatic rings. The molecular formula is C31H33N2+. The maximum Gasteiger partial charge on any atom is 0.239 e. The maximum absolute atomic E-state index is 5.54. The fourth-order valence-corrected chi connectivity index (χ4v) is 6.41. The third-order valence-corrected chi connectivity index (χ3v) is 9.51. The van der Waals surface area contributed by atoms with Gasteiger partial charge in [0.2, 0.25) is 11.2 Å². The van der Waals surface area contributed by atoms with Gasteiger partial charge in [0.25, 0.3) is 0 Å². The van der Waals surface area contributed by atoms with Crippen molar-refractivity contribution in [3.8, 4) is 22.5 Å². The van der Waals surface area contributed by atoms with Gasteiger partial charge in [0.1, 0.15) is 11.2 Å². The number of fused-ring (bicyclic) bond motifs is 7. The average molecular weight is 434 g/mol. The molecule has 166 valence electrons. The first kappa shape index (κ1) is 20.6. The predicted molar refractivity (Wildman–Crippen MR) is 136 cm³/mol. The first-order chi connectivity index (χ1) is 15.7. The smallest absolute Gasteiger partial charge is 0.234 e. The number of aromatic nitrogens is 2. The van der Waals surface area contributed by atoms with Crippen LogP contribution in [0.2, 0.25) is 0 Å². The van der Waals surface area contributed by atoms with Gasteiger partial charge in [-0.2, -0.15) is 4.57 Å². The molecule has 0 saturated carbocycles. The van der Waals surface area contributed by atoms with Crippen LogP contribution in [0.3, 0.4) is 0 Å². The van der Waals surface area contributed by atoms with Crippen molar-refractivity contribution in [2.45, 2.75) is 65.3 Å². The normalized spacial score (nSPS) is 19.1. The zero-order valence-electron chi connectivity index (χ0n) is 20.7. The number of hydrogen-bond donors (Lipinski definition) is 0. The minimum Gasteiger partial charge on any atom is -0.234 e. The van der Waals surface area contributed by atoms with E-state index in [9.17, 15) is 0 Å². The van der Waals surface area contributed by atoms with Crippen molar-refractivity contribution in [2.75, 3.05) is 0 Å². The quantitative estimate of drug-likeness (QED) is 0.295. The van der Waals surface area contributed by atoms with E-state index in [1.807, 2.05) is 0 Å². The van der Waals surface area contributed by atoms with Crippen LogP contribution >= 0.6 is 0 Å². The third-order valence-electron chi connectivity index (χ3n) is 9.51. The lowest BCUT2D eigenvalue weighted by Gasteiger charge is -2.44. The van der Waals surface area contributed by atoms with Crippen molar-refractivity contribution in [3.63, 3.8) is 0 Å². The van der Waals surface area contributed by atoms with E-state index in [2.05, 4.69) is 113 Å². The molecule has 1 aliphatic heterocycles. The Balaban J connectivity index is 1.79. The highest BCUT2D eigenvalue weighted by molar-refractivity contribution is 5.87. The molecule has 2 heteroatoms. The molecule has 2 nitrogen and oxygen atoms in total. The highest BCUT2D eigenvalue weighted by atomic mass is 15.0. The van der Waals surface area contributed by atoms with Gasteiger partial charge in [-0.05, 0) is 39.0 Å². The van der Waals surface area contributed by atoms with Gasteiger partial charge in [-0.25, -0.2) is 4.98 Å². The Morgan fingerprint density at radius 1 is 0.758 bits per heavy atom. The van der Waals surface area contributed by atoms with Crippen molar-refractivity contribution in [1.29, 1.82) is 0 Å². The number of benzene rings is 3. The third kappa shape index (κ3) is 2.50. The van der Waals surface area contributed by atoms with Gasteiger partial charge in [-0.3, -0.25) is 0 Å². The topological polar surface area (TPSA) is 16.8 Å². The Kier molecular flexibility index (Phi) is 4.08. The largest absolute Gasteiger partial charge is 0.239 e. The maximum atomic E-state index is 5.54. The number of hydrogen-bond acceptors (Lipinski definition) is 1. The van der Waals surface area contributed by atoms with E-state index in [4.69, 9.17) is 4.98 Å². The summed E-state index contributed by atoms with van der Waals surface area (Å²) >= 11 is 0. The van der Waals surface area contributed by atoms with E-state index in [1.54, 1.807) is 0 Å². The van der Waals surface area contributed by atoms with Crippen molar-refractivity contribution in [2.24, 2.45) is 5.41 Å². The van der Waals surface area contributed by atoms with Crippen LogP contribution in [0.4, 0.5) is 0 Å². The molecule has 0 spiro atoms. The van der Waals surface area contributed by atoms with Crippen LogP contribution in [-0.2, 0) is 23.8 Å². The summed E-state index contributed by atoms with van der Waals surface area (Å²) in [6.07, 6.45) is 1.05. The van der Waals surface area contributed by atoms with Crippen LogP contribution in [0, 0.1) is 5.41 Å². The van der Waals surface area contributed by atoms with Crippen LogP contribution in [0.15, 0.2) is 66.7 Å². The van der Waals surface area contributed by atoms with E-state index >= 15 is 0 Å². The van der Waals surface area contributed by atoms with Gasteiger partial charge in [-0.1, -0.05) is 96.1 Å². The fraction of sp³-hybridized carbons (Fsp3) is 0.355. The average Bonchev–Trinajstić information content (AvgIpc) is 2.92. The van der Waals surface area contributed by atoms with E-state index in [-0.39, 0.29) is 16.2 Å². The van der Waals surface area contributed by atoms with Gasteiger partial charge in [0.15, 0.2) is 6.54 Å². The molecule has 33 heavy (non-hydrogen) atoms. The minimum absolute atomic E-state index is 0.00761. The van der Waals surface area contributed by atoms with Crippen LogP contribution in [0.25, 0.3) is 33.5 Å². The summed E-state index contributed by atoms with van der Waals surface area (Å²) in [5.41, 5.74) is 11.8. The Bertz CT molecular complexity index is 1420. The Morgan fingerprint density at radius 2 is 1.45 bits per heavy atom. The second kappa shape index (κ2) is 6.53. The van der Waals surface area contributed by atoms with Crippen LogP contribution in [-0.4, -0.2) is 4.98 Å². The summed E-state index contributed by atoms with van der Waals surface area (Å²) in [5.74, 6) is 0. The van der Waals surface area contributed by atoms with Gasteiger partial charge in [0.05, 0.1) is 5.56 Å². The molecule has 1 aliphatic carbocycles. The van der Waals surface area contributed by atoms with Crippen LogP contribution in [0.5, 0.6) is 0 Å². The highest BCUT2D eigenvalue weighted by Gasteiger charge is 2.58. The zero-order valence-corrected chi connectivity index (χ0v) is 20.7. The predicted octanol–water partition coefficient (Wildman–Crippen LogP) is 7.01. The number of nitrogens with zero attached hydrogens (tertiary/aromatic N) is 2. The number of aryl methyl sites for hydroxylation is 2.